The highest BCUT2D eigenvalue weighted by atomic mass is 19.4. The molecule has 0 amide bonds. The van der Waals surface area contributed by atoms with Crippen molar-refractivity contribution in [1.82, 2.24) is 5.16 Å². The molecule has 0 aliphatic carbocycles. The molecule has 0 saturated carbocycles. The Balaban J connectivity index is 3.27. The van der Waals surface area contributed by atoms with Gasteiger partial charge in [-0.1, -0.05) is 5.16 Å². The normalized spacial score (nSPS) is 14.2. The predicted molar refractivity (Wildman–Crippen MR) is 35.8 cm³/mol. The SMILES string of the molecule is Nc1cnoc1C(F)(F)C(F)(F)C(F)(F)F. The first-order chi connectivity index (χ1) is 7.02. The Morgan fingerprint density at radius 3 is 1.88 bits per heavy atom. The van der Waals surface area contributed by atoms with Gasteiger partial charge in [0.2, 0.25) is 5.76 Å². The van der Waals surface area contributed by atoms with E-state index in [0.29, 0.717) is 6.20 Å². The molecule has 2 N–H and O–H groups in total. The third-order valence-corrected chi connectivity index (χ3v) is 1.63. The van der Waals surface area contributed by atoms with E-state index in [0.717, 1.165) is 0 Å². The lowest BCUT2D eigenvalue weighted by molar-refractivity contribution is -0.363. The van der Waals surface area contributed by atoms with E-state index in [4.69, 9.17) is 5.73 Å². The Hall–Kier alpha value is -1.48. The van der Waals surface area contributed by atoms with Gasteiger partial charge in [0, 0.05) is 0 Å². The first kappa shape index (κ1) is 12.6. The van der Waals surface area contributed by atoms with Crippen LogP contribution in [0.1, 0.15) is 5.76 Å². The van der Waals surface area contributed by atoms with Crippen molar-refractivity contribution in [3.8, 4) is 0 Å². The molecule has 0 aliphatic heterocycles. The molecule has 1 aromatic heterocycles. The van der Waals surface area contributed by atoms with Crippen molar-refractivity contribution in [3.63, 3.8) is 0 Å². The Bertz CT molecular complexity index is 382. The summed E-state index contributed by atoms with van der Waals surface area (Å²) >= 11 is 0. The average molecular weight is 252 g/mol. The van der Waals surface area contributed by atoms with Crippen LogP contribution < -0.4 is 5.73 Å². The fourth-order valence-corrected chi connectivity index (χ4v) is 0.806. The van der Waals surface area contributed by atoms with Crippen LogP contribution in [0.5, 0.6) is 0 Å². The highest BCUT2D eigenvalue weighted by Gasteiger charge is 2.75. The van der Waals surface area contributed by atoms with Crippen molar-refractivity contribution in [2.75, 3.05) is 5.73 Å². The quantitative estimate of drug-likeness (QED) is 0.823. The molecule has 0 fully saturated rings. The largest absolute Gasteiger partial charge is 0.460 e. The molecule has 0 atom stereocenters. The summed E-state index contributed by atoms with van der Waals surface area (Å²) in [5.41, 5.74) is 3.64. The Morgan fingerprint density at radius 2 is 1.56 bits per heavy atom. The van der Waals surface area contributed by atoms with Crippen LogP contribution in [-0.2, 0) is 5.92 Å². The Labute approximate surface area is 83.0 Å². The van der Waals surface area contributed by atoms with E-state index in [1.165, 1.54) is 0 Å². The number of hydrogen-bond donors (Lipinski definition) is 1. The van der Waals surface area contributed by atoms with E-state index in [2.05, 4.69) is 9.68 Å². The van der Waals surface area contributed by atoms with Crippen LogP contribution in [0.25, 0.3) is 0 Å². The summed E-state index contributed by atoms with van der Waals surface area (Å²) in [6.45, 7) is 0. The van der Waals surface area contributed by atoms with Gasteiger partial charge in [0.05, 0.1) is 6.20 Å². The van der Waals surface area contributed by atoms with E-state index in [9.17, 15) is 30.7 Å². The Kier molecular flexibility index (Phi) is 2.56. The standard InChI is InChI=1S/C6H3F7N2O/c7-4(8,3-2(14)1-15-16-3)5(9,10)6(11,12)13/h1H,14H2. The summed E-state index contributed by atoms with van der Waals surface area (Å²) in [5, 5.41) is 2.60. The van der Waals surface area contributed by atoms with Crippen molar-refractivity contribution in [1.29, 1.82) is 0 Å². The van der Waals surface area contributed by atoms with Gasteiger partial charge in [-0.05, 0) is 0 Å². The first-order valence-electron chi connectivity index (χ1n) is 3.55. The van der Waals surface area contributed by atoms with Gasteiger partial charge in [-0.3, -0.25) is 0 Å². The molecule has 0 spiro atoms. The fraction of sp³-hybridized carbons (Fsp3) is 0.500. The molecule has 0 saturated heterocycles. The van der Waals surface area contributed by atoms with E-state index in [1.54, 1.807) is 0 Å². The van der Waals surface area contributed by atoms with E-state index in [1.807, 2.05) is 0 Å². The van der Waals surface area contributed by atoms with Gasteiger partial charge in [0.15, 0.2) is 0 Å². The number of hydrogen-bond acceptors (Lipinski definition) is 3. The van der Waals surface area contributed by atoms with Crippen LogP contribution in [0.15, 0.2) is 10.7 Å². The highest BCUT2D eigenvalue weighted by molar-refractivity contribution is 5.41. The molecule has 10 heteroatoms. The first-order valence-corrected chi connectivity index (χ1v) is 3.55. The van der Waals surface area contributed by atoms with Crippen LogP contribution in [0.3, 0.4) is 0 Å². The van der Waals surface area contributed by atoms with Gasteiger partial charge in [0.25, 0.3) is 0 Å². The molecule has 0 aliphatic rings. The topological polar surface area (TPSA) is 52.0 Å². The zero-order valence-electron chi connectivity index (χ0n) is 7.16. The molecule has 16 heavy (non-hydrogen) atoms. The summed E-state index contributed by atoms with van der Waals surface area (Å²) in [6.07, 6.45) is -6.04. The average Bonchev–Trinajstić information content (AvgIpc) is 2.49. The van der Waals surface area contributed by atoms with Crippen LogP contribution in [0.4, 0.5) is 36.4 Å². The third-order valence-electron chi connectivity index (χ3n) is 1.63. The number of nitrogen functional groups attached to an aromatic ring is 1. The van der Waals surface area contributed by atoms with Crippen LogP contribution in [0, 0.1) is 0 Å². The van der Waals surface area contributed by atoms with Gasteiger partial charge < -0.3 is 10.3 Å². The van der Waals surface area contributed by atoms with Gasteiger partial charge in [0.1, 0.15) is 5.69 Å². The number of anilines is 1. The number of rotatable bonds is 2. The van der Waals surface area contributed by atoms with E-state index < -0.39 is 29.5 Å². The predicted octanol–water partition coefficient (Wildman–Crippen LogP) is 2.55. The molecule has 0 aromatic carbocycles. The van der Waals surface area contributed by atoms with Crippen molar-refractivity contribution < 1.29 is 35.3 Å². The maximum atomic E-state index is 12.8. The number of nitrogens with zero attached hydrogens (tertiary/aromatic N) is 1. The second-order valence-electron chi connectivity index (χ2n) is 2.76. The molecule has 0 bridgehead atoms. The van der Waals surface area contributed by atoms with Crippen molar-refractivity contribution in [3.05, 3.63) is 12.0 Å². The number of aromatic nitrogens is 1. The van der Waals surface area contributed by atoms with Gasteiger partial charge in [-0.15, -0.1) is 0 Å². The van der Waals surface area contributed by atoms with Crippen molar-refractivity contribution in [2.24, 2.45) is 0 Å². The van der Waals surface area contributed by atoms with Crippen LogP contribution >= 0.6 is 0 Å². The van der Waals surface area contributed by atoms with Crippen molar-refractivity contribution >= 4 is 5.69 Å². The molecule has 0 radical (unpaired) electrons. The number of alkyl halides is 7. The summed E-state index contributed by atoms with van der Waals surface area (Å²) in [5.74, 6) is -13.9. The minimum Gasteiger partial charge on any atom is -0.394 e. The lowest BCUT2D eigenvalue weighted by Gasteiger charge is -2.26. The van der Waals surface area contributed by atoms with Gasteiger partial charge >= 0.3 is 18.0 Å². The number of halogens is 7. The molecule has 92 valence electrons. The smallest absolute Gasteiger partial charge is 0.394 e. The minimum atomic E-state index is -6.43. The lowest BCUT2D eigenvalue weighted by atomic mass is 10.1. The zero-order valence-corrected chi connectivity index (χ0v) is 7.16. The van der Waals surface area contributed by atoms with E-state index >= 15 is 0 Å². The summed E-state index contributed by atoms with van der Waals surface area (Å²) < 4.78 is 89.3. The summed E-state index contributed by atoms with van der Waals surface area (Å²) in [6, 6.07) is 0. The molecule has 1 aromatic rings. The van der Waals surface area contributed by atoms with Crippen LogP contribution in [0.2, 0.25) is 0 Å². The zero-order chi connectivity index (χ0) is 12.8. The molecular formula is C6H3F7N2O. The Morgan fingerprint density at radius 1 is 1.06 bits per heavy atom. The number of nitrogens with two attached hydrogens (primary N) is 1. The second-order valence-corrected chi connectivity index (χ2v) is 2.76. The maximum Gasteiger partial charge on any atom is 0.460 e. The molecule has 1 rings (SSSR count). The van der Waals surface area contributed by atoms with E-state index in [-0.39, 0.29) is 0 Å². The summed E-state index contributed by atoms with van der Waals surface area (Å²) in [7, 11) is 0. The van der Waals surface area contributed by atoms with Crippen LogP contribution in [-0.4, -0.2) is 17.3 Å². The molecule has 0 unspecified atom stereocenters. The molecular weight excluding hydrogens is 249 g/mol. The molecule has 3 nitrogen and oxygen atoms in total. The van der Waals surface area contributed by atoms with Gasteiger partial charge in [-0.25, -0.2) is 0 Å². The van der Waals surface area contributed by atoms with Gasteiger partial charge in [-0.2, -0.15) is 30.7 Å². The third kappa shape index (κ3) is 1.57. The fourth-order valence-electron chi connectivity index (χ4n) is 0.806. The van der Waals surface area contributed by atoms with Crippen molar-refractivity contribution in [2.45, 2.75) is 18.0 Å². The lowest BCUT2D eigenvalue weighted by Crippen LogP contribution is -2.50. The highest BCUT2D eigenvalue weighted by Crippen LogP contribution is 2.52. The minimum absolute atomic E-state index is 0.399. The summed E-state index contributed by atoms with van der Waals surface area (Å²) in [4.78, 5) is 0. The molecule has 1 heterocycles. The second kappa shape index (κ2) is 3.25. The maximum absolute atomic E-state index is 12.8. The monoisotopic (exact) mass is 252 g/mol.